The third-order valence-corrected chi connectivity index (χ3v) is 3.79. The van der Waals surface area contributed by atoms with Crippen LogP contribution in [0.5, 0.6) is 0 Å². The zero-order valence-corrected chi connectivity index (χ0v) is 11.4. The van der Waals surface area contributed by atoms with Crippen molar-refractivity contribution in [1.82, 2.24) is 9.78 Å². The van der Waals surface area contributed by atoms with Gasteiger partial charge in [-0.1, -0.05) is 29.8 Å². The number of aryl methyl sites for hydroxylation is 1. The number of benzene rings is 1. The van der Waals surface area contributed by atoms with E-state index >= 15 is 0 Å². The minimum Gasteiger partial charge on any atom is -0.362 e. The highest BCUT2D eigenvalue weighted by Gasteiger charge is 2.35. The van der Waals surface area contributed by atoms with E-state index in [1.165, 1.54) is 10.9 Å². The van der Waals surface area contributed by atoms with Crippen LogP contribution in [-0.4, -0.2) is 16.2 Å². The van der Waals surface area contributed by atoms with Gasteiger partial charge in [0.2, 0.25) is 0 Å². The molecule has 0 saturated heterocycles. The third kappa shape index (κ3) is 2.35. The molecule has 0 amide bonds. The summed E-state index contributed by atoms with van der Waals surface area (Å²) in [5, 5.41) is 16.2. The Hall–Kier alpha value is -2.42. The van der Waals surface area contributed by atoms with Gasteiger partial charge in [-0.05, 0) is 18.9 Å². The van der Waals surface area contributed by atoms with Crippen molar-refractivity contribution in [2.24, 2.45) is 0 Å². The molecule has 2 heterocycles. The summed E-state index contributed by atoms with van der Waals surface area (Å²) in [6, 6.07) is 8.47. The molecule has 1 aliphatic heterocycles. The van der Waals surface area contributed by atoms with Gasteiger partial charge in [-0.3, -0.25) is 0 Å². The van der Waals surface area contributed by atoms with Crippen LogP contribution >= 0.6 is 0 Å². The van der Waals surface area contributed by atoms with Gasteiger partial charge >= 0.3 is 0 Å². The first-order valence-electron chi connectivity index (χ1n) is 6.69. The van der Waals surface area contributed by atoms with Gasteiger partial charge in [0.15, 0.2) is 0 Å². The Morgan fingerprint density at radius 3 is 2.71 bits per heavy atom. The molecule has 0 bridgehead atoms. The normalized spacial score (nSPS) is 20.7. The van der Waals surface area contributed by atoms with E-state index in [9.17, 15) is 8.78 Å². The number of alkyl halides is 2. The molecule has 0 aliphatic carbocycles. The summed E-state index contributed by atoms with van der Waals surface area (Å²) < 4.78 is 27.8. The molecule has 2 aromatic rings. The molecule has 2 atom stereocenters. The van der Waals surface area contributed by atoms with Crippen molar-refractivity contribution >= 4 is 5.82 Å². The van der Waals surface area contributed by atoms with Gasteiger partial charge in [0.25, 0.3) is 6.43 Å². The lowest BCUT2D eigenvalue weighted by molar-refractivity contribution is 0.0658. The summed E-state index contributed by atoms with van der Waals surface area (Å²) in [6.45, 7) is 1.98. The Balaban J connectivity index is 2.00. The van der Waals surface area contributed by atoms with Crippen LogP contribution in [0.4, 0.5) is 14.6 Å². The molecule has 6 heteroatoms. The van der Waals surface area contributed by atoms with Gasteiger partial charge in [-0.15, -0.1) is 0 Å². The van der Waals surface area contributed by atoms with Crippen LogP contribution in [0.2, 0.25) is 0 Å². The topological polar surface area (TPSA) is 53.6 Å². The van der Waals surface area contributed by atoms with Gasteiger partial charge in [0, 0.05) is 0 Å². The van der Waals surface area contributed by atoms with Crippen LogP contribution in [0.3, 0.4) is 0 Å². The highest BCUT2D eigenvalue weighted by Crippen LogP contribution is 2.39. The standard InChI is InChI=1S/C15H14F2N4/c1-9-2-4-10(5-3-9)12-6-13(14(16)17)21-15(20-12)11(7-18)8-19-21/h2-5,8,12-14,20H,6H2,1H3/t12-,13-/m1/s1. The SMILES string of the molecule is Cc1ccc([C@H]2C[C@H](C(F)F)n3ncc(C#N)c3N2)cc1. The van der Waals surface area contributed by atoms with Crippen LogP contribution < -0.4 is 5.32 Å². The molecule has 108 valence electrons. The van der Waals surface area contributed by atoms with Gasteiger partial charge in [-0.2, -0.15) is 10.4 Å². The zero-order valence-electron chi connectivity index (χ0n) is 11.4. The van der Waals surface area contributed by atoms with E-state index in [1.54, 1.807) is 0 Å². The van der Waals surface area contributed by atoms with E-state index in [1.807, 2.05) is 37.3 Å². The summed E-state index contributed by atoms with van der Waals surface area (Å²) >= 11 is 0. The maximum Gasteiger partial charge on any atom is 0.260 e. The van der Waals surface area contributed by atoms with Crippen LogP contribution in [-0.2, 0) is 0 Å². The lowest BCUT2D eigenvalue weighted by Crippen LogP contribution is -2.31. The lowest BCUT2D eigenvalue weighted by Gasteiger charge is -2.32. The second-order valence-electron chi connectivity index (χ2n) is 5.21. The average molecular weight is 288 g/mol. The largest absolute Gasteiger partial charge is 0.362 e. The van der Waals surface area contributed by atoms with E-state index in [-0.39, 0.29) is 18.0 Å². The fourth-order valence-electron chi connectivity index (χ4n) is 2.63. The Kier molecular flexibility index (Phi) is 3.34. The molecule has 1 N–H and O–H groups in total. The Morgan fingerprint density at radius 1 is 1.38 bits per heavy atom. The summed E-state index contributed by atoms with van der Waals surface area (Å²) in [5.41, 5.74) is 2.34. The number of nitriles is 1. The van der Waals surface area contributed by atoms with Crippen molar-refractivity contribution in [3.8, 4) is 6.07 Å². The van der Waals surface area contributed by atoms with E-state index in [4.69, 9.17) is 5.26 Å². The number of anilines is 1. The smallest absolute Gasteiger partial charge is 0.260 e. The average Bonchev–Trinajstić information content (AvgIpc) is 2.89. The second-order valence-corrected chi connectivity index (χ2v) is 5.21. The first-order valence-corrected chi connectivity index (χ1v) is 6.69. The summed E-state index contributed by atoms with van der Waals surface area (Å²) in [5.74, 6) is 0.375. The molecule has 3 rings (SSSR count). The van der Waals surface area contributed by atoms with E-state index in [0.29, 0.717) is 5.82 Å². The number of hydrogen-bond donors (Lipinski definition) is 1. The molecule has 0 radical (unpaired) electrons. The number of nitrogens with one attached hydrogen (secondary N) is 1. The van der Waals surface area contributed by atoms with Crippen molar-refractivity contribution in [3.05, 3.63) is 47.2 Å². The number of nitrogens with zero attached hydrogens (tertiary/aromatic N) is 3. The van der Waals surface area contributed by atoms with Gasteiger partial charge in [0.1, 0.15) is 23.5 Å². The van der Waals surface area contributed by atoms with Crippen LogP contribution in [0.25, 0.3) is 0 Å². The minimum atomic E-state index is -2.52. The van der Waals surface area contributed by atoms with Crippen LogP contribution in [0.1, 0.15) is 35.2 Å². The molecule has 1 aromatic carbocycles. The predicted octanol–water partition coefficient (Wildman–Crippen LogP) is 3.43. The highest BCUT2D eigenvalue weighted by molar-refractivity contribution is 5.54. The highest BCUT2D eigenvalue weighted by atomic mass is 19.3. The minimum absolute atomic E-state index is 0.236. The summed E-state index contributed by atoms with van der Waals surface area (Å²) in [6.07, 6.45) is -0.958. The van der Waals surface area contributed by atoms with E-state index in [0.717, 1.165) is 11.1 Å². The molecule has 21 heavy (non-hydrogen) atoms. The third-order valence-electron chi connectivity index (χ3n) is 3.79. The molecule has 0 fully saturated rings. The van der Waals surface area contributed by atoms with Crippen LogP contribution in [0.15, 0.2) is 30.5 Å². The monoisotopic (exact) mass is 288 g/mol. The number of aromatic nitrogens is 2. The van der Waals surface area contributed by atoms with Gasteiger partial charge in [-0.25, -0.2) is 13.5 Å². The fraction of sp³-hybridized carbons (Fsp3) is 0.333. The van der Waals surface area contributed by atoms with Crippen molar-refractivity contribution < 1.29 is 8.78 Å². The molecule has 1 aliphatic rings. The second kappa shape index (κ2) is 5.17. The lowest BCUT2D eigenvalue weighted by atomic mass is 9.96. The zero-order chi connectivity index (χ0) is 15.0. The van der Waals surface area contributed by atoms with Crippen molar-refractivity contribution in [2.45, 2.75) is 31.9 Å². The summed E-state index contributed by atoms with van der Waals surface area (Å²) in [4.78, 5) is 0. The molecule has 0 unspecified atom stereocenters. The maximum atomic E-state index is 13.3. The van der Waals surface area contributed by atoms with E-state index < -0.39 is 12.5 Å². The molecule has 4 nitrogen and oxygen atoms in total. The van der Waals surface area contributed by atoms with Crippen molar-refractivity contribution in [1.29, 1.82) is 5.26 Å². The number of rotatable bonds is 2. The van der Waals surface area contributed by atoms with Gasteiger partial charge < -0.3 is 5.32 Å². The van der Waals surface area contributed by atoms with Crippen molar-refractivity contribution in [3.63, 3.8) is 0 Å². The quantitative estimate of drug-likeness (QED) is 0.921. The van der Waals surface area contributed by atoms with Crippen LogP contribution in [0, 0.1) is 18.3 Å². The number of hydrogen-bond acceptors (Lipinski definition) is 3. The molecule has 0 saturated carbocycles. The fourth-order valence-corrected chi connectivity index (χ4v) is 2.63. The molecule has 0 spiro atoms. The number of halogens is 2. The summed E-state index contributed by atoms with van der Waals surface area (Å²) in [7, 11) is 0. The van der Waals surface area contributed by atoms with E-state index in [2.05, 4.69) is 10.4 Å². The molecule has 1 aromatic heterocycles. The Labute approximate surface area is 121 Å². The van der Waals surface area contributed by atoms with Gasteiger partial charge in [0.05, 0.1) is 12.2 Å². The molecular weight excluding hydrogens is 274 g/mol. The molecular formula is C15H14F2N4. The number of fused-ring (bicyclic) bond motifs is 1. The Bertz CT molecular complexity index is 685. The maximum absolute atomic E-state index is 13.3. The Morgan fingerprint density at radius 2 is 2.10 bits per heavy atom. The first kappa shape index (κ1) is 13.6. The predicted molar refractivity (Wildman–Crippen MR) is 74.1 cm³/mol. The van der Waals surface area contributed by atoms with Crippen molar-refractivity contribution in [2.75, 3.05) is 5.32 Å². The first-order chi connectivity index (χ1) is 10.1.